The van der Waals surface area contributed by atoms with E-state index in [2.05, 4.69) is 15.3 Å². The molecule has 6 nitrogen and oxygen atoms in total. The lowest BCUT2D eigenvalue weighted by molar-refractivity contribution is -0.137. The molecule has 0 fully saturated rings. The molecule has 0 aliphatic heterocycles. The van der Waals surface area contributed by atoms with Gasteiger partial charge in [0.1, 0.15) is 23.9 Å². The quantitative estimate of drug-likeness (QED) is 0.280. The molecular formula is C26H17F5N4O2. The van der Waals surface area contributed by atoms with Crippen molar-refractivity contribution in [2.24, 2.45) is 0 Å². The fourth-order valence-electron chi connectivity index (χ4n) is 3.98. The summed E-state index contributed by atoms with van der Waals surface area (Å²) in [6, 6.07) is 11.2. The van der Waals surface area contributed by atoms with Crippen molar-refractivity contribution >= 4 is 28.1 Å². The second-order valence-corrected chi connectivity index (χ2v) is 8.14. The average Bonchev–Trinajstić information content (AvgIpc) is 3.19. The molecule has 0 radical (unpaired) electrons. The van der Waals surface area contributed by atoms with E-state index in [4.69, 9.17) is 4.74 Å². The zero-order valence-corrected chi connectivity index (χ0v) is 19.1. The van der Waals surface area contributed by atoms with E-state index in [1.165, 1.54) is 28.8 Å². The van der Waals surface area contributed by atoms with E-state index >= 15 is 0 Å². The highest BCUT2D eigenvalue weighted by atomic mass is 19.4. The third-order valence-electron chi connectivity index (χ3n) is 5.76. The number of hydrogen-bond acceptors (Lipinski definition) is 4. The highest BCUT2D eigenvalue weighted by molar-refractivity contribution is 6.08. The van der Waals surface area contributed by atoms with Crippen LogP contribution in [0.2, 0.25) is 0 Å². The number of carbonyl (C=O) groups is 1. The van der Waals surface area contributed by atoms with Gasteiger partial charge in [0, 0.05) is 17.8 Å². The summed E-state index contributed by atoms with van der Waals surface area (Å²) in [4.78, 5) is 21.6. The molecule has 11 heteroatoms. The molecule has 2 aromatic carbocycles. The predicted molar refractivity (Wildman–Crippen MR) is 125 cm³/mol. The minimum atomic E-state index is -4.53. The van der Waals surface area contributed by atoms with Gasteiger partial charge in [0.25, 0.3) is 5.91 Å². The van der Waals surface area contributed by atoms with E-state index in [0.29, 0.717) is 11.1 Å². The molecule has 0 bridgehead atoms. The van der Waals surface area contributed by atoms with Crippen LogP contribution in [0.25, 0.3) is 16.6 Å². The molecule has 0 spiro atoms. The van der Waals surface area contributed by atoms with Gasteiger partial charge in [-0.2, -0.15) is 13.2 Å². The number of alkyl halides is 3. The Labute approximate surface area is 206 Å². The topological polar surface area (TPSA) is 68.5 Å². The standard InChI is InChI=1S/C26H17F5N4O2/c1-14-23(25(36)34-20-9-10-32-21-12-15(26(29,30)31)7-8-16(20)21)35-11-3-6-22(24(35)33-14)37-13-17-18(27)4-2-5-19(17)28/h2-12H,13H2,1H3,(H,32,34,36). The van der Waals surface area contributed by atoms with E-state index in [1.54, 1.807) is 25.3 Å². The third kappa shape index (κ3) is 4.55. The van der Waals surface area contributed by atoms with Crippen molar-refractivity contribution in [1.29, 1.82) is 0 Å². The van der Waals surface area contributed by atoms with Crippen LogP contribution >= 0.6 is 0 Å². The summed E-state index contributed by atoms with van der Waals surface area (Å²) < 4.78 is 74.3. The summed E-state index contributed by atoms with van der Waals surface area (Å²) in [5.74, 6) is -1.88. The number of carbonyl (C=O) groups excluding carboxylic acids is 1. The highest BCUT2D eigenvalue weighted by Gasteiger charge is 2.31. The van der Waals surface area contributed by atoms with Crippen LogP contribution in [0.15, 0.2) is 67.0 Å². The second-order valence-electron chi connectivity index (χ2n) is 8.14. The minimum Gasteiger partial charge on any atom is -0.485 e. The Kier molecular flexibility index (Phi) is 5.98. The first-order chi connectivity index (χ1) is 17.6. The normalized spacial score (nSPS) is 11.7. The number of halogens is 5. The number of amides is 1. The Balaban J connectivity index is 1.46. The van der Waals surface area contributed by atoms with Crippen molar-refractivity contribution in [3.05, 3.63) is 101 Å². The minimum absolute atomic E-state index is 0.0681. The molecule has 0 aliphatic carbocycles. The Morgan fingerprint density at radius 2 is 1.81 bits per heavy atom. The fraction of sp³-hybridized carbons (Fsp3) is 0.115. The van der Waals surface area contributed by atoms with Crippen LogP contribution < -0.4 is 10.1 Å². The third-order valence-corrected chi connectivity index (χ3v) is 5.76. The van der Waals surface area contributed by atoms with Gasteiger partial charge < -0.3 is 10.1 Å². The highest BCUT2D eigenvalue weighted by Crippen LogP contribution is 2.33. The molecule has 5 rings (SSSR count). The molecule has 3 heterocycles. The first-order valence-corrected chi connectivity index (χ1v) is 10.9. The average molecular weight is 512 g/mol. The summed E-state index contributed by atoms with van der Waals surface area (Å²) in [5, 5.41) is 3.03. The summed E-state index contributed by atoms with van der Waals surface area (Å²) in [5.41, 5.74) is -0.0338. The number of aryl methyl sites for hydroxylation is 1. The number of nitrogens with one attached hydrogen (secondary N) is 1. The molecule has 188 valence electrons. The Bertz CT molecular complexity index is 1640. The van der Waals surface area contributed by atoms with Crippen molar-refractivity contribution in [3.8, 4) is 5.75 Å². The molecule has 0 aliphatic rings. The summed E-state index contributed by atoms with van der Waals surface area (Å²) >= 11 is 0. The molecule has 0 saturated carbocycles. The van der Waals surface area contributed by atoms with Gasteiger partial charge in [0.15, 0.2) is 11.4 Å². The lowest BCUT2D eigenvalue weighted by atomic mass is 10.1. The molecule has 0 saturated heterocycles. The van der Waals surface area contributed by atoms with Crippen molar-refractivity contribution in [1.82, 2.24) is 14.4 Å². The van der Waals surface area contributed by atoms with Crippen LogP contribution in [0, 0.1) is 18.6 Å². The SMILES string of the molecule is Cc1nc2c(OCc3c(F)cccc3F)cccn2c1C(=O)Nc1ccnc2cc(C(F)(F)F)ccc12. The lowest BCUT2D eigenvalue weighted by Gasteiger charge is -2.12. The number of hydrogen-bond donors (Lipinski definition) is 1. The largest absolute Gasteiger partial charge is 0.485 e. The van der Waals surface area contributed by atoms with Crippen LogP contribution in [0.1, 0.15) is 27.3 Å². The van der Waals surface area contributed by atoms with Gasteiger partial charge in [0.05, 0.1) is 28.0 Å². The van der Waals surface area contributed by atoms with E-state index in [-0.39, 0.29) is 33.9 Å². The second kappa shape index (κ2) is 9.16. The number of imidazole rings is 1. The smallest absolute Gasteiger partial charge is 0.416 e. The van der Waals surface area contributed by atoms with Gasteiger partial charge in [-0.05, 0) is 49.4 Å². The number of nitrogens with zero attached hydrogens (tertiary/aromatic N) is 3. The molecule has 0 atom stereocenters. The Morgan fingerprint density at radius 3 is 2.54 bits per heavy atom. The number of benzene rings is 2. The maximum absolute atomic E-state index is 14.0. The van der Waals surface area contributed by atoms with Crippen molar-refractivity contribution in [2.45, 2.75) is 19.7 Å². The van der Waals surface area contributed by atoms with Crippen LogP contribution in [0.4, 0.5) is 27.6 Å². The number of anilines is 1. The number of ether oxygens (including phenoxy) is 1. The number of aromatic nitrogens is 3. The van der Waals surface area contributed by atoms with Crippen LogP contribution in [0.3, 0.4) is 0 Å². The van der Waals surface area contributed by atoms with Crippen LogP contribution in [-0.2, 0) is 12.8 Å². The van der Waals surface area contributed by atoms with Gasteiger partial charge in [-0.25, -0.2) is 13.8 Å². The Morgan fingerprint density at radius 1 is 1.05 bits per heavy atom. The maximum atomic E-state index is 14.0. The van der Waals surface area contributed by atoms with Crippen molar-refractivity contribution in [3.63, 3.8) is 0 Å². The lowest BCUT2D eigenvalue weighted by Crippen LogP contribution is -2.16. The van der Waals surface area contributed by atoms with E-state index < -0.39 is 35.9 Å². The molecule has 5 aromatic rings. The van der Waals surface area contributed by atoms with E-state index in [9.17, 15) is 26.7 Å². The summed E-state index contributed by atoms with van der Waals surface area (Å²) in [6.45, 7) is 1.21. The summed E-state index contributed by atoms with van der Waals surface area (Å²) in [7, 11) is 0. The zero-order chi connectivity index (χ0) is 26.3. The van der Waals surface area contributed by atoms with Crippen LogP contribution in [-0.4, -0.2) is 20.3 Å². The first-order valence-electron chi connectivity index (χ1n) is 10.9. The van der Waals surface area contributed by atoms with Gasteiger partial charge in [0.2, 0.25) is 0 Å². The van der Waals surface area contributed by atoms with Gasteiger partial charge >= 0.3 is 6.18 Å². The molecule has 3 aromatic heterocycles. The van der Waals surface area contributed by atoms with Crippen LogP contribution in [0.5, 0.6) is 5.75 Å². The zero-order valence-electron chi connectivity index (χ0n) is 19.1. The maximum Gasteiger partial charge on any atom is 0.416 e. The van der Waals surface area contributed by atoms with Crippen molar-refractivity contribution in [2.75, 3.05) is 5.32 Å². The summed E-state index contributed by atoms with van der Waals surface area (Å²) in [6.07, 6.45) is -1.66. The monoisotopic (exact) mass is 512 g/mol. The van der Waals surface area contributed by atoms with E-state index in [0.717, 1.165) is 24.3 Å². The predicted octanol–water partition coefficient (Wildman–Crippen LogP) is 6.32. The molecule has 1 N–H and O–H groups in total. The van der Waals surface area contributed by atoms with Gasteiger partial charge in [-0.3, -0.25) is 14.2 Å². The molecular weight excluding hydrogens is 495 g/mol. The van der Waals surface area contributed by atoms with Gasteiger partial charge in [-0.15, -0.1) is 0 Å². The van der Waals surface area contributed by atoms with Crippen molar-refractivity contribution < 1.29 is 31.5 Å². The molecule has 0 unspecified atom stereocenters. The number of fused-ring (bicyclic) bond motifs is 2. The van der Waals surface area contributed by atoms with Gasteiger partial charge in [-0.1, -0.05) is 12.1 Å². The molecule has 1 amide bonds. The van der Waals surface area contributed by atoms with E-state index in [1.807, 2.05) is 0 Å². The first kappa shape index (κ1) is 24.2. The Hall–Kier alpha value is -4.54. The fourth-order valence-corrected chi connectivity index (χ4v) is 3.98. The number of rotatable bonds is 5. The molecule has 37 heavy (non-hydrogen) atoms. The number of pyridine rings is 2.